The van der Waals surface area contributed by atoms with Gasteiger partial charge in [0.05, 0.1) is 18.8 Å². The average Bonchev–Trinajstić information content (AvgIpc) is 3.29. The summed E-state index contributed by atoms with van der Waals surface area (Å²) in [4.78, 5) is 13.2. The van der Waals surface area contributed by atoms with E-state index < -0.39 is 0 Å². The molecule has 2 aliphatic heterocycles. The van der Waals surface area contributed by atoms with E-state index in [-0.39, 0.29) is 6.10 Å². The van der Waals surface area contributed by atoms with Gasteiger partial charge in [0.1, 0.15) is 12.0 Å². The van der Waals surface area contributed by atoms with Crippen molar-refractivity contribution in [3.8, 4) is 11.3 Å². The van der Waals surface area contributed by atoms with Gasteiger partial charge in [-0.1, -0.05) is 11.3 Å². The standard InChI is InChI=1S/C24H31N7O/c1-19-12-21(30-9-7-29(8-10-30)15-20-13-25-18-26-14-20)5-6-23(19)24-17-31(28-27-24)16-22-4-2-3-11-32-22/h5-6,12-14,17-18,22H,2-4,7-11,15-16H2,1H3. The first kappa shape index (κ1) is 21.0. The highest BCUT2D eigenvalue weighted by Gasteiger charge is 2.19. The summed E-state index contributed by atoms with van der Waals surface area (Å²) >= 11 is 0. The van der Waals surface area contributed by atoms with Crippen molar-refractivity contribution in [1.29, 1.82) is 0 Å². The first-order valence-electron chi connectivity index (χ1n) is 11.6. The molecule has 2 aliphatic rings. The number of hydrogen-bond donors (Lipinski definition) is 0. The van der Waals surface area contributed by atoms with Crippen molar-refractivity contribution < 1.29 is 4.74 Å². The lowest BCUT2D eigenvalue weighted by Gasteiger charge is -2.36. The highest BCUT2D eigenvalue weighted by molar-refractivity contribution is 5.67. The molecule has 0 amide bonds. The smallest absolute Gasteiger partial charge is 0.115 e. The molecule has 0 bridgehead atoms. The Labute approximate surface area is 189 Å². The summed E-state index contributed by atoms with van der Waals surface area (Å²) in [7, 11) is 0. The fraction of sp³-hybridized carbons (Fsp3) is 0.500. The Bertz CT molecular complexity index is 1010. The van der Waals surface area contributed by atoms with Crippen LogP contribution in [0, 0.1) is 6.92 Å². The third-order valence-corrected chi connectivity index (χ3v) is 6.45. The molecule has 0 radical (unpaired) electrons. The van der Waals surface area contributed by atoms with Crippen LogP contribution in [0.1, 0.15) is 30.4 Å². The second kappa shape index (κ2) is 9.75. The minimum absolute atomic E-state index is 0.259. The molecule has 5 rings (SSSR count). The molecule has 0 N–H and O–H groups in total. The van der Waals surface area contributed by atoms with Gasteiger partial charge in [0.2, 0.25) is 0 Å². The molecule has 1 unspecified atom stereocenters. The fourth-order valence-corrected chi connectivity index (χ4v) is 4.64. The molecule has 8 nitrogen and oxygen atoms in total. The Morgan fingerprint density at radius 2 is 1.91 bits per heavy atom. The van der Waals surface area contributed by atoms with Crippen LogP contribution in [0.4, 0.5) is 5.69 Å². The summed E-state index contributed by atoms with van der Waals surface area (Å²) in [6.45, 7) is 8.82. The number of ether oxygens (including phenoxy) is 1. The summed E-state index contributed by atoms with van der Waals surface area (Å²) in [5, 5.41) is 8.78. The molecular weight excluding hydrogens is 402 g/mol. The zero-order chi connectivity index (χ0) is 21.8. The first-order valence-corrected chi connectivity index (χ1v) is 11.6. The van der Waals surface area contributed by atoms with E-state index in [1.807, 2.05) is 23.3 Å². The number of benzene rings is 1. The first-order chi connectivity index (χ1) is 15.7. The van der Waals surface area contributed by atoms with Crippen LogP contribution in [0.15, 0.2) is 43.1 Å². The monoisotopic (exact) mass is 433 g/mol. The highest BCUT2D eigenvalue weighted by Crippen LogP contribution is 2.27. The van der Waals surface area contributed by atoms with Gasteiger partial charge in [-0.05, 0) is 43.9 Å². The van der Waals surface area contributed by atoms with Gasteiger partial charge in [0.25, 0.3) is 0 Å². The SMILES string of the molecule is Cc1cc(N2CCN(Cc3cncnc3)CC2)ccc1-c1cn(CC2CCCCO2)nn1. The maximum absolute atomic E-state index is 5.84. The molecule has 1 aromatic carbocycles. The molecule has 0 spiro atoms. The average molecular weight is 434 g/mol. The lowest BCUT2D eigenvalue weighted by atomic mass is 10.0. The van der Waals surface area contributed by atoms with Crippen molar-refractivity contribution in [1.82, 2.24) is 29.9 Å². The van der Waals surface area contributed by atoms with Crippen molar-refractivity contribution in [2.24, 2.45) is 0 Å². The molecule has 3 aromatic rings. The Morgan fingerprint density at radius 3 is 2.66 bits per heavy atom. The number of nitrogens with zero attached hydrogens (tertiary/aromatic N) is 7. The zero-order valence-corrected chi connectivity index (χ0v) is 18.7. The van der Waals surface area contributed by atoms with Crippen LogP contribution in [0.5, 0.6) is 0 Å². The van der Waals surface area contributed by atoms with Crippen LogP contribution >= 0.6 is 0 Å². The number of aromatic nitrogens is 5. The predicted octanol–water partition coefficient (Wildman–Crippen LogP) is 2.93. The summed E-state index contributed by atoms with van der Waals surface area (Å²) in [6, 6.07) is 6.68. The van der Waals surface area contributed by atoms with Crippen molar-refractivity contribution in [3.63, 3.8) is 0 Å². The van der Waals surface area contributed by atoms with E-state index in [0.29, 0.717) is 0 Å². The number of anilines is 1. The summed E-state index contributed by atoms with van der Waals surface area (Å²) in [6.07, 6.45) is 11.2. The van der Waals surface area contributed by atoms with Gasteiger partial charge in [-0.2, -0.15) is 0 Å². The number of piperazine rings is 1. The minimum atomic E-state index is 0.259. The summed E-state index contributed by atoms with van der Waals surface area (Å²) < 4.78 is 7.77. The maximum atomic E-state index is 5.84. The van der Waals surface area contributed by atoms with Gasteiger partial charge in [0.15, 0.2) is 0 Å². The normalized spacial score (nSPS) is 19.9. The van der Waals surface area contributed by atoms with Crippen LogP contribution in [0.3, 0.4) is 0 Å². The molecule has 4 heterocycles. The van der Waals surface area contributed by atoms with E-state index in [4.69, 9.17) is 4.74 Å². The topological polar surface area (TPSA) is 72.2 Å². The molecule has 168 valence electrons. The number of hydrogen-bond acceptors (Lipinski definition) is 7. The lowest BCUT2D eigenvalue weighted by molar-refractivity contribution is 0.00370. The number of rotatable bonds is 6. The van der Waals surface area contributed by atoms with Crippen molar-refractivity contribution in [2.45, 2.75) is 45.4 Å². The Kier molecular flexibility index (Phi) is 6.41. The van der Waals surface area contributed by atoms with Gasteiger partial charge in [-0.15, -0.1) is 5.10 Å². The molecule has 1 atom stereocenters. The van der Waals surface area contributed by atoms with E-state index in [1.54, 1.807) is 6.33 Å². The molecular formula is C24H31N7O. The Hall–Kier alpha value is -2.84. The molecule has 2 aromatic heterocycles. The predicted molar refractivity (Wildman–Crippen MR) is 123 cm³/mol. The third kappa shape index (κ3) is 4.97. The Balaban J connectivity index is 1.19. The molecule has 0 saturated carbocycles. The highest BCUT2D eigenvalue weighted by atomic mass is 16.5. The van der Waals surface area contributed by atoms with Crippen molar-refractivity contribution in [3.05, 3.63) is 54.2 Å². The van der Waals surface area contributed by atoms with E-state index >= 15 is 0 Å². The van der Waals surface area contributed by atoms with Gasteiger partial charge in [-0.25, -0.2) is 14.6 Å². The Morgan fingerprint density at radius 1 is 1.06 bits per heavy atom. The van der Waals surface area contributed by atoms with Crippen LogP contribution in [-0.2, 0) is 17.8 Å². The fourth-order valence-electron chi connectivity index (χ4n) is 4.64. The summed E-state index contributed by atoms with van der Waals surface area (Å²) in [5.41, 5.74) is 5.75. The second-order valence-corrected chi connectivity index (χ2v) is 8.82. The van der Waals surface area contributed by atoms with Gasteiger partial charge in [0, 0.05) is 68.5 Å². The van der Waals surface area contributed by atoms with Crippen LogP contribution in [0.2, 0.25) is 0 Å². The van der Waals surface area contributed by atoms with E-state index in [9.17, 15) is 0 Å². The quantitative estimate of drug-likeness (QED) is 0.592. The van der Waals surface area contributed by atoms with E-state index in [1.165, 1.54) is 29.7 Å². The molecule has 8 heteroatoms. The largest absolute Gasteiger partial charge is 0.376 e. The molecule has 32 heavy (non-hydrogen) atoms. The minimum Gasteiger partial charge on any atom is -0.376 e. The molecule has 0 aliphatic carbocycles. The summed E-state index contributed by atoms with van der Waals surface area (Å²) in [5.74, 6) is 0. The van der Waals surface area contributed by atoms with Gasteiger partial charge in [-0.3, -0.25) is 4.90 Å². The van der Waals surface area contributed by atoms with Crippen LogP contribution in [-0.4, -0.2) is 68.8 Å². The maximum Gasteiger partial charge on any atom is 0.115 e. The lowest BCUT2D eigenvalue weighted by Crippen LogP contribution is -2.46. The van der Waals surface area contributed by atoms with Crippen molar-refractivity contribution in [2.75, 3.05) is 37.7 Å². The van der Waals surface area contributed by atoms with Crippen LogP contribution < -0.4 is 4.90 Å². The van der Waals surface area contributed by atoms with Crippen molar-refractivity contribution >= 4 is 5.69 Å². The van der Waals surface area contributed by atoms with Crippen LogP contribution in [0.25, 0.3) is 11.3 Å². The third-order valence-electron chi connectivity index (χ3n) is 6.45. The second-order valence-electron chi connectivity index (χ2n) is 8.82. The van der Waals surface area contributed by atoms with Gasteiger partial charge >= 0.3 is 0 Å². The number of aryl methyl sites for hydroxylation is 1. The van der Waals surface area contributed by atoms with Gasteiger partial charge < -0.3 is 9.64 Å². The zero-order valence-electron chi connectivity index (χ0n) is 18.7. The molecule has 2 fully saturated rings. The van der Waals surface area contributed by atoms with E-state index in [2.05, 4.69) is 55.2 Å². The molecule has 2 saturated heterocycles. The van der Waals surface area contributed by atoms with E-state index in [0.717, 1.165) is 63.6 Å².